The standard InChI is InChI=1S/C22H32N2O/c1-16-9-11-23(12-10-16)14-18(25)15-24-21-6-4-3-5-19(21)20-13-17(2)7-8-22(20)24/h7-8,13,16,18,25H,3-6,9-12,14-15H2,1-2H3/t18-/m1/s1. The number of aryl methyl sites for hydroxylation is 2. The van der Waals surface area contributed by atoms with Crippen molar-refractivity contribution in [2.24, 2.45) is 5.92 Å². The molecule has 0 saturated carbocycles. The lowest BCUT2D eigenvalue weighted by atomic mass is 9.95. The van der Waals surface area contributed by atoms with E-state index in [0.29, 0.717) is 0 Å². The highest BCUT2D eigenvalue weighted by Crippen LogP contribution is 2.33. The molecule has 0 amide bonds. The minimum atomic E-state index is -0.281. The molecule has 1 fully saturated rings. The second-order valence-electron chi connectivity index (χ2n) is 8.40. The second-order valence-corrected chi connectivity index (χ2v) is 8.40. The van der Waals surface area contributed by atoms with E-state index in [4.69, 9.17) is 0 Å². The molecule has 2 aliphatic rings. The maximum atomic E-state index is 10.8. The zero-order valence-electron chi connectivity index (χ0n) is 15.8. The average Bonchev–Trinajstić information content (AvgIpc) is 2.91. The van der Waals surface area contributed by atoms with Crippen LogP contribution in [0.1, 0.15) is 49.4 Å². The fourth-order valence-corrected chi connectivity index (χ4v) is 4.77. The summed E-state index contributed by atoms with van der Waals surface area (Å²) in [6.07, 6.45) is 7.20. The molecule has 136 valence electrons. The van der Waals surface area contributed by atoms with E-state index in [1.807, 2.05) is 0 Å². The topological polar surface area (TPSA) is 28.4 Å². The molecule has 2 aromatic rings. The maximum Gasteiger partial charge on any atom is 0.0845 e. The summed E-state index contributed by atoms with van der Waals surface area (Å²) in [6.45, 7) is 8.35. The Bertz CT molecular complexity index is 740. The maximum absolute atomic E-state index is 10.8. The molecule has 3 nitrogen and oxygen atoms in total. The van der Waals surface area contributed by atoms with Crippen molar-refractivity contribution in [2.45, 2.75) is 65.0 Å². The smallest absolute Gasteiger partial charge is 0.0845 e. The first-order valence-corrected chi connectivity index (χ1v) is 10.1. The fraction of sp³-hybridized carbons (Fsp3) is 0.636. The molecule has 1 aromatic carbocycles. The number of hydrogen-bond acceptors (Lipinski definition) is 2. The van der Waals surface area contributed by atoms with Crippen molar-refractivity contribution in [1.29, 1.82) is 0 Å². The molecule has 1 atom stereocenters. The molecular weight excluding hydrogens is 308 g/mol. The van der Waals surface area contributed by atoms with Gasteiger partial charge < -0.3 is 14.6 Å². The van der Waals surface area contributed by atoms with Gasteiger partial charge in [-0.2, -0.15) is 0 Å². The Morgan fingerprint density at radius 2 is 1.88 bits per heavy atom. The third-order valence-electron chi connectivity index (χ3n) is 6.27. The molecule has 25 heavy (non-hydrogen) atoms. The van der Waals surface area contributed by atoms with Crippen molar-refractivity contribution in [1.82, 2.24) is 9.47 Å². The minimum Gasteiger partial charge on any atom is -0.390 e. The van der Waals surface area contributed by atoms with Crippen LogP contribution in [0.4, 0.5) is 0 Å². The Morgan fingerprint density at radius 1 is 1.12 bits per heavy atom. The SMILES string of the molecule is Cc1ccc2c(c1)c1c(n2C[C@H](O)CN2CCC(C)CC2)CCCC1. The highest BCUT2D eigenvalue weighted by Gasteiger charge is 2.23. The van der Waals surface area contributed by atoms with Crippen LogP contribution in [0.3, 0.4) is 0 Å². The van der Waals surface area contributed by atoms with Crippen molar-refractivity contribution >= 4 is 10.9 Å². The molecule has 1 N–H and O–H groups in total. The number of fused-ring (bicyclic) bond motifs is 3. The third kappa shape index (κ3) is 3.50. The fourth-order valence-electron chi connectivity index (χ4n) is 4.77. The number of rotatable bonds is 4. The minimum absolute atomic E-state index is 0.281. The molecule has 1 aliphatic carbocycles. The zero-order chi connectivity index (χ0) is 17.4. The average molecular weight is 341 g/mol. The molecule has 0 spiro atoms. The van der Waals surface area contributed by atoms with Gasteiger partial charge in [0.1, 0.15) is 0 Å². The Balaban J connectivity index is 1.56. The van der Waals surface area contributed by atoms with Gasteiger partial charge in [-0.1, -0.05) is 18.6 Å². The summed E-state index contributed by atoms with van der Waals surface area (Å²) in [5, 5.41) is 12.2. The largest absolute Gasteiger partial charge is 0.390 e. The quantitative estimate of drug-likeness (QED) is 0.914. The Kier molecular flexibility index (Phi) is 4.88. The first-order chi connectivity index (χ1) is 12.1. The summed E-state index contributed by atoms with van der Waals surface area (Å²) in [4.78, 5) is 2.45. The number of nitrogens with zero attached hydrogens (tertiary/aromatic N) is 2. The van der Waals surface area contributed by atoms with E-state index in [2.05, 4.69) is 41.5 Å². The molecule has 0 unspecified atom stereocenters. The normalized spacial score (nSPS) is 20.8. The van der Waals surface area contributed by atoms with Gasteiger partial charge in [0.15, 0.2) is 0 Å². The van der Waals surface area contributed by atoms with Gasteiger partial charge in [0.05, 0.1) is 12.6 Å². The molecule has 2 heterocycles. The van der Waals surface area contributed by atoms with E-state index in [1.54, 1.807) is 5.56 Å². The van der Waals surface area contributed by atoms with Gasteiger partial charge in [0.2, 0.25) is 0 Å². The summed E-state index contributed by atoms with van der Waals surface area (Å²) in [5.41, 5.74) is 5.69. The number of aliphatic hydroxyl groups is 1. The van der Waals surface area contributed by atoms with Gasteiger partial charge in [-0.25, -0.2) is 0 Å². The van der Waals surface area contributed by atoms with Gasteiger partial charge in [-0.15, -0.1) is 0 Å². The van der Waals surface area contributed by atoms with Crippen molar-refractivity contribution in [3.05, 3.63) is 35.0 Å². The molecule has 3 heteroatoms. The lowest BCUT2D eigenvalue weighted by Crippen LogP contribution is -2.39. The summed E-state index contributed by atoms with van der Waals surface area (Å²) in [7, 11) is 0. The monoisotopic (exact) mass is 340 g/mol. The molecule has 0 bridgehead atoms. The van der Waals surface area contributed by atoms with E-state index in [0.717, 1.165) is 38.5 Å². The zero-order valence-corrected chi connectivity index (χ0v) is 15.8. The summed E-state index contributed by atoms with van der Waals surface area (Å²) >= 11 is 0. The number of likely N-dealkylation sites (tertiary alicyclic amines) is 1. The van der Waals surface area contributed by atoms with Gasteiger partial charge in [0, 0.05) is 23.1 Å². The third-order valence-corrected chi connectivity index (χ3v) is 6.27. The van der Waals surface area contributed by atoms with Gasteiger partial charge in [-0.05, 0) is 82.2 Å². The van der Waals surface area contributed by atoms with Crippen LogP contribution in [-0.4, -0.2) is 40.3 Å². The van der Waals surface area contributed by atoms with Crippen LogP contribution in [-0.2, 0) is 19.4 Å². The van der Waals surface area contributed by atoms with Gasteiger partial charge in [0.25, 0.3) is 0 Å². The van der Waals surface area contributed by atoms with E-state index < -0.39 is 0 Å². The lowest BCUT2D eigenvalue weighted by molar-refractivity contribution is 0.0804. The number of piperidine rings is 1. The predicted molar refractivity (Wildman–Crippen MR) is 104 cm³/mol. The van der Waals surface area contributed by atoms with Crippen molar-refractivity contribution < 1.29 is 5.11 Å². The number of aliphatic hydroxyl groups excluding tert-OH is 1. The summed E-state index contributed by atoms with van der Waals surface area (Å²) in [6, 6.07) is 6.81. The van der Waals surface area contributed by atoms with Crippen LogP contribution in [0, 0.1) is 12.8 Å². The lowest BCUT2D eigenvalue weighted by Gasteiger charge is -2.32. The first kappa shape index (κ1) is 17.1. The van der Waals surface area contributed by atoms with E-state index in [-0.39, 0.29) is 6.10 Å². The molecule has 1 aliphatic heterocycles. The molecule has 4 rings (SSSR count). The number of β-amino-alcohol motifs (C(OH)–C–C–N with tert-alkyl or cyclic N) is 1. The van der Waals surface area contributed by atoms with Crippen LogP contribution < -0.4 is 0 Å². The van der Waals surface area contributed by atoms with E-state index in [9.17, 15) is 5.11 Å². The highest BCUT2D eigenvalue weighted by molar-refractivity contribution is 5.86. The Labute approximate surface area is 151 Å². The Hall–Kier alpha value is -1.32. The number of benzene rings is 1. The molecule has 1 saturated heterocycles. The summed E-state index contributed by atoms with van der Waals surface area (Å²) in [5.74, 6) is 0.844. The van der Waals surface area contributed by atoms with E-state index in [1.165, 1.54) is 54.3 Å². The van der Waals surface area contributed by atoms with Crippen LogP contribution in [0.25, 0.3) is 10.9 Å². The number of hydrogen-bond donors (Lipinski definition) is 1. The predicted octanol–water partition coefficient (Wildman–Crippen LogP) is 3.92. The second kappa shape index (κ2) is 7.13. The molecular formula is C22H32N2O. The first-order valence-electron chi connectivity index (χ1n) is 10.1. The van der Waals surface area contributed by atoms with Crippen LogP contribution >= 0.6 is 0 Å². The van der Waals surface area contributed by atoms with Crippen LogP contribution in [0.2, 0.25) is 0 Å². The summed E-state index contributed by atoms with van der Waals surface area (Å²) < 4.78 is 2.43. The highest BCUT2D eigenvalue weighted by atomic mass is 16.3. The van der Waals surface area contributed by atoms with Gasteiger partial charge in [-0.3, -0.25) is 0 Å². The molecule has 1 aromatic heterocycles. The van der Waals surface area contributed by atoms with Gasteiger partial charge >= 0.3 is 0 Å². The van der Waals surface area contributed by atoms with Crippen molar-refractivity contribution in [3.63, 3.8) is 0 Å². The number of aromatic nitrogens is 1. The Morgan fingerprint density at radius 3 is 2.68 bits per heavy atom. The van der Waals surface area contributed by atoms with E-state index >= 15 is 0 Å². The van der Waals surface area contributed by atoms with Crippen LogP contribution in [0.5, 0.6) is 0 Å². The van der Waals surface area contributed by atoms with Crippen molar-refractivity contribution in [3.8, 4) is 0 Å². The molecule has 0 radical (unpaired) electrons. The van der Waals surface area contributed by atoms with Crippen molar-refractivity contribution in [2.75, 3.05) is 19.6 Å². The van der Waals surface area contributed by atoms with Crippen LogP contribution in [0.15, 0.2) is 18.2 Å².